The van der Waals surface area contributed by atoms with Crippen molar-refractivity contribution in [3.8, 4) is 5.69 Å². The Kier molecular flexibility index (Phi) is 5.92. The van der Waals surface area contributed by atoms with Crippen LogP contribution in [0, 0.1) is 0 Å². The van der Waals surface area contributed by atoms with E-state index in [1.165, 1.54) is 18.1 Å². The van der Waals surface area contributed by atoms with Crippen molar-refractivity contribution in [1.29, 1.82) is 0 Å². The number of nitrogen functional groups attached to an aromatic ring is 1. The van der Waals surface area contributed by atoms with E-state index in [1.807, 2.05) is 4.57 Å². The van der Waals surface area contributed by atoms with Gasteiger partial charge in [-0.05, 0) is 48.9 Å². The van der Waals surface area contributed by atoms with Crippen molar-refractivity contribution in [2.75, 3.05) is 11.5 Å². The number of fused-ring (bicyclic) bond motifs is 2. The number of anilines is 1. The molecular formula is C22H17Cl2N7OS. The van der Waals surface area contributed by atoms with Crippen molar-refractivity contribution < 1.29 is 0 Å². The standard InChI is InChI=1S/C22H17Cl2N7OS/c23-13-2-5-15(6-3-13)31-21(32)16-7-4-14(24)10-17(16)29-22(31)33-9-1-8-30-12-28-18-19(25)26-11-27-20(18)30/h2-7,10-12H,1,8-9H2,(H2,25,26,27). The number of thioether (sulfide) groups is 1. The van der Waals surface area contributed by atoms with Gasteiger partial charge in [-0.15, -0.1) is 0 Å². The summed E-state index contributed by atoms with van der Waals surface area (Å²) in [4.78, 5) is 30.6. The molecule has 0 bridgehead atoms. The van der Waals surface area contributed by atoms with Crippen molar-refractivity contribution in [1.82, 2.24) is 29.1 Å². The molecule has 0 fully saturated rings. The van der Waals surface area contributed by atoms with Gasteiger partial charge in [-0.3, -0.25) is 9.36 Å². The fourth-order valence-electron chi connectivity index (χ4n) is 3.51. The van der Waals surface area contributed by atoms with Crippen LogP contribution in [0.2, 0.25) is 10.0 Å². The van der Waals surface area contributed by atoms with Crippen molar-refractivity contribution in [2.45, 2.75) is 18.1 Å². The van der Waals surface area contributed by atoms with E-state index in [2.05, 4.69) is 15.0 Å². The van der Waals surface area contributed by atoms with Gasteiger partial charge in [0.2, 0.25) is 0 Å². The quantitative estimate of drug-likeness (QED) is 0.207. The molecule has 0 aliphatic rings. The van der Waals surface area contributed by atoms with Gasteiger partial charge in [0.05, 0.1) is 22.9 Å². The van der Waals surface area contributed by atoms with Crippen LogP contribution in [0.25, 0.3) is 27.8 Å². The number of nitrogens with zero attached hydrogens (tertiary/aromatic N) is 6. The third kappa shape index (κ3) is 4.27. The topological polar surface area (TPSA) is 105 Å². The highest BCUT2D eigenvalue weighted by Crippen LogP contribution is 2.25. The number of halogens is 2. The number of imidazole rings is 1. The van der Waals surface area contributed by atoms with E-state index in [1.54, 1.807) is 53.4 Å². The lowest BCUT2D eigenvalue weighted by Crippen LogP contribution is -2.21. The summed E-state index contributed by atoms with van der Waals surface area (Å²) in [7, 11) is 0. The van der Waals surface area contributed by atoms with Crippen LogP contribution in [0.1, 0.15) is 6.42 Å². The molecule has 0 spiro atoms. The van der Waals surface area contributed by atoms with Gasteiger partial charge in [0, 0.05) is 22.3 Å². The van der Waals surface area contributed by atoms with Gasteiger partial charge in [0.1, 0.15) is 11.8 Å². The lowest BCUT2D eigenvalue weighted by molar-refractivity contribution is 0.695. The third-order valence-corrected chi connectivity index (χ3v) is 6.60. The first-order valence-electron chi connectivity index (χ1n) is 10.0. The molecule has 8 nitrogen and oxygen atoms in total. The molecule has 0 aliphatic carbocycles. The summed E-state index contributed by atoms with van der Waals surface area (Å²) in [6.45, 7) is 0.685. The molecule has 0 saturated heterocycles. The Hall–Kier alpha value is -3.14. The van der Waals surface area contributed by atoms with Crippen molar-refractivity contribution in [3.05, 3.63) is 75.5 Å². The SMILES string of the molecule is Nc1ncnc2c1ncn2CCCSc1nc2cc(Cl)ccc2c(=O)n1-c1ccc(Cl)cc1. The molecule has 2 N–H and O–H groups in total. The Morgan fingerprint density at radius 1 is 1.00 bits per heavy atom. The van der Waals surface area contributed by atoms with Gasteiger partial charge in [-0.25, -0.2) is 19.9 Å². The van der Waals surface area contributed by atoms with Gasteiger partial charge in [-0.1, -0.05) is 35.0 Å². The Bertz CT molecular complexity index is 1530. The summed E-state index contributed by atoms with van der Waals surface area (Å²) in [5, 5.41) is 2.21. The predicted molar refractivity (Wildman–Crippen MR) is 132 cm³/mol. The second kappa shape index (κ2) is 9.01. The zero-order valence-corrected chi connectivity index (χ0v) is 19.5. The van der Waals surface area contributed by atoms with Crippen LogP contribution < -0.4 is 11.3 Å². The fourth-order valence-corrected chi connectivity index (χ4v) is 4.74. The first kappa shape index (κ1) is 21.7. The van der Waals surface area contributed by atoms with Crippen LogP contribution in [0.3, 0.4) is 0 Å². The monoisotopic (exact) mass is 497 g/mol. The molecule has 0 atom stereocenters. The smallest absolute Gasteiger partial charge is 0.266 e. The largest absolute Gasteiger partial charge is 0.382 e. The van der Waals surface area contributed by atoms with Gasteiger partial charge in [0.25, 0.3) is 5.56 Å². The lowest BCUT2D eigenvalue weighted by atomic mass is 10.2. The normalized spacial score (nSPS) is 11.5. The number of hydrogen-bond donors (Lipinski definition) is 1. The van der Waals surface area contributed by atoms with Crippen LogP contribution in [0.15, 0.2) is 65.1 Å². The van der Waals surface area contributed by atoms with E-state index >= 15 is 0 Å². The molecule has 2 aromatic carbocycles. The highest BCUT2D eigenvalue weighted by atomic mass is 35.5. The van der Waals surface area contributed by atoms with Crippen LogP contribution in [-0.2, 0) is 6.54 Å². The van der Waals surface area contributed by atoms with Gasteiger partial charge < -0.3 is 10.3 Å². The van der Waals surface area contributed by atoms with Crippen LogP contribution in [0.4, 0.5) is 5.82 Å². The molecule has 11 heteroatoms. The molecule has 0 radical (unpaired) electrons. The van der Waals surface area contributed by atoms with E-state index in [-0.39, 0.29) is 5.56 Å². The summed E-state index contributed by atoms with van der Waals surface area (Å²) in [5.74, 6) is 1.07. The minimum absolute atomic E-state index is 0.158. The maximum absolute atomic E-state index is 13.3. The number of benzene rings is 2. The summed E-state index contributed by atoms with van der Waals surface area (Å²) in [6, 6.07) is 12.2. The van der Waals surface area contributed by atoms with E-state index in [4.69, 9.17) is 33.9 Å². The highest BCUT2D eigenvalue weighted by molar-refractivity contribution is 7.99. The number of nitrogens with two attached hydrogens (primary N) is 1. The number of aryl methyl sites for hydroxylation is 1. The van der Waals surface area contributed by atoms with Crippen LogP contribution in [0.5, 0.6) is 0 Å². The van der Waals surface area contributed by atoms with Crippen molar-refractivity contribution >= 4 is 62.8 Å². The number of hydrogen-bond acceptors (Lipinski definition) is 7. The summed E-state index contributed by atoms with van der Waals surface area (Å²) >= 11 is 13.7. The molecular weight excluding hydrogens is 481 g/mol. The maximum atomic E-state index is 13.3. The average molecular weight is 498 g/mol. The molecule has 0 amide bonds. The zero-order valence-electron chi connectivity index (χ0n) is 17.2. The number of aromatic nitrogens is 6. The minimum Gasteiger partial charge on any atom is -0.382 e. The second-order valence-corrected chi connectivity index (χ2v) is 9.18. The predicted octanol–water partition coefficient (Wildman–Crippen LogP) is 4.60. The Balaban J connectivity index is 1.43. The Labute approximate surface area is 202 Å². The molecule has 166 valence electrons. The molecule has 5 rings (SSSR count). The first-order valence-corrected chi connectivity index (χ1v) is 11.8. The van der Waals surface area contributed by atoms with Gasteiger partial charge in [0.15, 0.2) is 16.6 Å². The summed E-state index contributed by atoms with van der Waals surface area (Å²) in [5.41, 5.74) is 8.26. The molecule has 5 aromatic rings. The molecule has 0 unspecified atom stereocenters. The number of rotatable bonds is 6. The van der Waals surface area contributed by atoms with E-state index in [0.29, 0.717) is 61.1 Å². The van der Waals surface area contributed by atoms with Crippen molar-refractivity contribution in [2.24, 2.45) is 0 Å². The van der Waals surface area contributed by atoms with E-state index < -0.39 is 0 Å². The third-order valence-electron chi connectivity index (χ3n) is 5.09. The van der Waals surface area contributed by atoms with Gasteiger partial charge in [-0.2, -0.15) is 0 Å². The highest BCUT2D eigenvalue weighted by Gasteiger charge is 2.14. The Morgan fingerprint density at radius 2 is 1.79 bits per heavy atom. The fraction of sp³-hybridized carbons (Fsp3) is 0.136. The molecule has 3 heterocycles. The van der Waals surface area contributed by atoms with Crippen LogP contribution >= 0.6 is 35.0 Å². The van der Waals surface area contributed by atoms with E-state index in [9.17, 15) is 4.79 Å². The second-order valence-electron chi connectivity index (χ2n) is 7.24. The molecule has 33 heavy (non-hydrogen) atoms. The summed E-state index contributed by atoms with van der Waals surface area (Å²) in [6.07, 6.45) is 3.93. The lowest BCUT2D eigenvalue weighted by Gasteiger charge is -2.13. The summed E-state index contributed by atoms with van der Waals surface area (Å²) < 4.78 is 3.55. The minimum atomic E-state index is -0.158. The van der Waals surface area contributed by atoms with Crippen LogP contribution in [-0.4, -0.2) is 34.8 Å². The van der Waals surface area contributed by atoms with E-state index in [0.717, 1.165) is 6.42 Å². The maximum Gasteiger partial charge on any atom is 0.266 e. The Morgan fingerprint density at radius 3 is 2.61 bits per heavy atom. The average Bonchev–Trinajstić information content (AvgIpc) is 3.22. The molecule has 0 saturated carbocycles. The van der Waals surface area contributed by atoms with Gasteiger partial charge >= 0.3 is 0 Å². The first-order chi connectivity index (χ1) is 16.0. The zero-order chi connectivity index (χ0) is 22.9. The molecule has 0 aliphatic heterocycles. The molecule has 3 aromatic heterocycles. The van der Waals surface area contributed by atoms with Crippen molar-refractivity contribution in [3.63, 3.8) is 0 Å².